The topological polar surface area (TPSA) is 49.8 Å². The van der Waals surface area contributed by atoms with Crippen LogP contribution in [0.15, 0.2) is 6.20 Å². The number of hydrogen-bond donors (Lipinski definition) is 2. The van der Waals surface area contributed by atoms with Gasteiger partial charge in [-0.3, -0.25) is 0 Å². The van der Waals surface area contributed by atoms with Gasteiger partial charge in [-0.25, -0.2) is 9.37 Å². The summed E-state index contributed by atoms with van der Waals surface area (Å²) in [7, 11) is 0. The Bertz CT molecular complexity index is 445. The molecule has 0 atom stereocenters. The first-order valence-electron chi connectivity index (χ1n) is 7.78. The molecule has 0 unspecified atom stereocenters. The van der Waals surface area contributed by atoms with Crippen LogP contribution >= 0.6 is 0 Å². The van der Waals surface area contributed by atoms with Gasteiger partial charge in [-0.2, -0.15) is 4.98 Å². The Balaban J connectivity index is 1.60. The fourth-order valence-electron chi connectivity index (χ4n) is 2.79. The molecule has 1 heterocycles. The van der Waals surface area contributed by atoms with Crippen molar-refractivity contribution in [3.8, 4) is 0 Å². The Hall–Kier alpha value is -1.39. The predicted octanol–water partition coefficient (Wildman–Crippen LogP) is 3.29. The van der Waals surface area contributed by atoms with Crippen molar-refractivity contribution < 1.29 is 4.39 Å². The second kappa shape index (κ2) is 5.94. The largest absolute Gasteiger partial charge is 0.367 e. The summed E-state index contributed by atoms with van der Waals surface area (Å²) in [6, 6.07) is 0. The highest BCUT2D eigenvalue weighted by Crippen LogP contribution is 2.49. The fourth-order valence-corrected chi connectivity index (χ4v) is 2.79. The van der Waals surface area contributed by atoms with Gasteiger partial charge in [0.25, 0.3) is 0 Å². The van der Waals surface area contributed by atoms with Crippen molar-refractivity contribution >= 4 is 11.8 Å². The molecule has 2 aliphatic carbocycles. The predicted molar refractivity (Wildman–Crippen MR) is 78.2 cm³/mol. The van der Waals surface area contributed by atoms with Crippen LogP contribution in [0.4, 0.5) is 16.2 Å². The molecule has 4 nitrogen and oxygen atoms in total. The number of hydrogen-bond acceptors (Lipinski definition) is 4. The highest BCUT2D eigenvalue weighted by atomic mass is 19.1. The molecule has 0 bridgehead atoms. The molecule has 1 aromatic rings. The van der Waals surface area contributed by atoms with Crippen molar-refractivity contribution in [1.82, 2.24) is 9.97 Å². The van der Waals surface area contributed by atoms with Gasteiger partial charge in [0.05, 0.1) is 6.20 Å². The molecule has 1 aromatic heterocycles. The first-order valence-corrected chi connectivity index (χ1v) is 7.78. The molecule has 0 amide bonds. The summed E-state index contributed by atoms with van der Waals surface area (Å²) in [5, 5.41) is 6.30. The van der Waals surface area contributed by atoms with Crippen molar-refractivity contribution in [2.24, 2.45) is 17.8 Å². The van der Waals surface area contributed by atoms with Crippen molar-refractivity contribution in [1.29, 1.82) is 0 Å². The summed E-state index contributed by atoms with van der Waals surface area (Å²) in [6.45, 7) is 3.72. The first kappa shape index (κ1) is 13.6. The van der Waals surface area contributed by atoms with Gasteiger partial charge in [-0.05, 0) is 49.9 Å². The maximum atomic E-state index is 13.8. The summed E-state index contributed by atoms with van der Waals surface area (Å²) in [4.78, 5) is 8.19. The molecule has 0 aliphatic heterocycles. The molecule has 2 N–H and O–H groups in total. The van der Waals surface area contributed by atoms with E-state index in [2.05, 4.69) is 27.5 Å². The van der Waals surface area contributed by atoms with Crippen LogP contribution in [0.25, 0.3) is 0 Å². The maximum Gasteiger partial charge on any atom is 0.224 e. The highest BCUT2D eigenvalue weighted by molar-refractivity contribution is 5.41. The van der Waals surface area contributed by atoms with E-state index in [1.807, 2.05) is 0 Å². The normalized spacial score (nSPS) is 18.4. The van der Waals surface area contributed by atoms with Crippen LogP contribution in [-0.4, -0.2) is 23.1 Å². The Labute approximate surface area is 119 Å². The molecule has 0 spiro atoms. The first-order chi connectivity index (χ1) is 9.78. The van der Waals surface area contributed by atoms with E-state index in [0.717, 1.165) is 31.3 Å². The zero-order valence-electron chi connectivity index (χ0n) is 12.0. The van der Waals surface area contributed by atoms with Gasteiger partial charge in [-0.1, -0.05) is 6.92 Å². The summed E-state index contributed by atoms with van der Waals surface area (Å²) in [5.74, 6) is 2.90. The van der Waals surface area contributed by atoms with Gasteiger partial charge < -0.3 is 10.6 Å². The summed E-state index contributed by atoms with van der Waals surface area (Å²) < 4.78 is 13.8. The average Bonchev–Trinajstić information content (AvgIpc) is 3.32. The third-order valence-corrected chi connectivity index (χ3v) is 4.24. The number of rotatable bonds is 8. The third-order valence-electron chi connectivity index (χ3n) is 4.24. The van der Waals surface area contributed by atoms with E-state index in [4.69, 9.17) is 0 Å². The Morgan fingerprint density at radius 1 is 1.25 bits per heavy atom. The van der Waals surface area contributed by atoms with Crippen molar-refractivity contribution in [3.63, 3.8) is 0 Å². The van der Waals surface area contributed by atoms with Gasteiger partial charge in [0.1, 0.15) is 0 Å². The minimum absolute atomic E-state index is 0.338. The van der Waals surface area contributed by atoms with E-state index in [9.17, 15) is 4.39 Å². The number of nitrogens with zero attached hydrogens (tertiary/aromatic N) is 2. The molecule has 0 saturated heterocycles. The third kappa shape index (κ3) is 3.38. The van der Waals surface area contributed by atoms with Crippen LogP contribution in [0.1, 0.15) is 39.0 Å². The van der Waals surface area contributed by atoms with Crippen LogP contribution in [0.5, 0.6) is 0 Å². The summed E-state index contributed by atoms with van der Waals surface area (Å²) in [5.41, 5.74) is 0. The van der Waals surface area contributed by atoms with E-state index in [1.54, 1.807) is 0 Å². The van der Waals surface area contributed by atoms with Crippen molar-refractivity contribution in [2.75, 3.05) is 23.7 Å². The van der Waals surface area contributed by atoms with Gasteiger partial charge in [0.15, 0.2) is 11.6 Å². The molecular formula is C15H23FN4. The van der Waals surface area contributed by atoms with E-state index >= 15 is 0 Å². The highest BCUT2D eigenvalue weighted by Gasteiger charge is 2.41. The Morgan fingerprint density at radius 3 is 2.55 bits per heavy atom. The van der Waals surface area contributed by atoms with Crippen LogP contribution in [0, 0.1) is 23.6 Å². The monoisotopic (exact) mass is 278 g/mol. The van der Waals surface area contributed by atoms with E-state index in [0.29, 0.717) is 17.7 Å². The number of halogens is 1. The molecule has 20 heavy (non-hydrogen) atoms. The lowest BCUT2D eigenvalue weighted by Crippen LogP contribution is -2.20. The smallest absolute Gasteiger partial charge is 0.224 e. The molecule has 3 rings (SSSR count). The molecule has 0 radical (unpaired) electrons. The number of anilines is 2. The Kier molecular flexibility index (Phi) is 4.03. The Morgan fingerprint density at radius 2 is 1.95 bits per heavy atom. The molecule has 0 aromatic carbocycles. The van der Waals surface area contributed by atoms with E-state index in [1.165, 1.54) is 31.9 Å². The quantitative estimate of drug-likeness (QED) is 0.766. The molecule has 110 valence electrons. The zero-order valence-corrected chi connectivity index (χ0v) is 12.0. The average molecular weight is 278 g/mol. The van der Waals surface area contributed by atoms with E-state index < -0.39 is 0 Å². The van der Waals surface area contributed by atoms with Crippen LogP contribution in [0.3, 0.4) is 0 Å². The van der Waals surface area contributed by atoms with Crippen LogP contribution in [-0.2, 0) is 0 Å². The number of nitrogens with one attached hydrogen (secondary N) is 2. The molecular weight excluding hydrogens is 255 g/mol. The second-order valence-corrected chi connectivity index (χ2v) is 6.04. The summed E-state index contributed by atoms with van der Waals surface area (Å²) in [6.07, 6.45) is 7.62. The zero-order chi connectivity index (χ0) is 13.9. The van der Waals surface area contributed by atoms with Gasteiger partial charge in [0, 0.05) is 13.1 Å². The van der Waals surface area contributed by atoms with Gasteiger partial charge >= 0.3 is 0 Å². The minimum Gasteiger partial charge on any atom is -0.367 e. The van der Waals surface area contributed by atoms with Gasteiger partial charge in [0.2, 0.25) is 5.95 Å². The van der Waals surface area contributed by atoms with Crippen LogP contribution < -0.4 is 10.6 Å². The molecule has 2 saturated carbocycles. The fraction of sp³-hybridized carbons (Fsp3) is 0.733. The summed E-state index contributed by atoms with van der Waals surface area (Å²) >= 11 is 0. The minimum atomic E-state index is -0.364. The standard InChI is InChI=1S/C15H23FN4/c1-2-7-17-15-19-9-13(16)14(20-15)18-8-12(10-3-4-10)11-5-6-11/h9-12H,2-8H2,1H3,(H2,17,18,19,20). The molecule has 2 aliphatic rings. The lowest BCUT2D eigenvalue weighted by molar-refractivity contribution is 0.426. The van der Waals surface area contributed by atoms with E-state index in [-0.39, 0.29) is 5.82 Å². The lowest BCUT2D eigenvalue weighted by atomic mass is 9.98. The molecule has 2 fully saturated rings. The maximum absolute atomic E-state index is 13.8. The SMILES string of the molecule is CCCNc1ncc(F)c(NCC(C2CC2)C2CC2)n1. The lowest BCUT2D eigenvalue weighted by Gasteiger charge is -2.17. The van der Waals surface area contributed by atoms with Crippen molar-refractivity contribution in [3.05, 3.63) is 12.0 Å². The van der Waals surface area contributed by atoms with Gasteiger partial charge in [-0.15, -0.1) is 0 Å². The molecule has 5 heteroatoms. The van der Waals surface area contributed by atoms with Crippen LogP contribution in [0.2, 0.25) is 0 Å². The van der Waals surface area contributed by atoms with Crippen molar-refractivity contribution in [2.45, 2.75) is 39.0 Å². The second-order valence-electron chi connectivity index (χ2n) is 6.04. The number of aromatic nitrogens is 2.